The minimum absolute atomic E-state index is 0.210. The van der Waals surface area contributed by atoms with Crippen LogP contribution in [0.5, 0.6) is 0 Å². The van der Waals surface area contributed by atoms with Crippen molar-refractivity contribution in [2.45, 2.75) is 19.5 Å². The largest absolute Gasteiger partial charge is 0.301 e. The lowest BCUT2D eigenvalue weighted by molar-refractivity contribution is 0.302. The third-order valence-electron chi connectivity index (χ3n) is 2.25. The monoisotopic (exact) mass is 257 g/mol. The van der Waals surface area contributed by atoms with Crippen molar-refractivity contribution in [2.24, 2.45) is 5.14 Å². The molecular weight excluding hydrogens is 238 g/mol. The summed E-state index contributed by atoms with van der Waals surface area (Å²) in [6, 6.07) is 9.79. The number of hydrogen-bond donors (Lipinski definition) is 2. The van der Waals surface area contributed by atoms with Crippen molar-refractivity contribution in [2.75, 3.05) is 13.6 Å². The van der Waals surface area contributed by atoms with E-state index in [4.69, 9.17) is 5.14 Å². The van der Waals surface area contributed by atoms with Gasteiger partial charge in [-0.2, -0.15) is 13.1 Å². The van der Waals surface area contributed by atoms with E-state index in [1.807, 2.05) is 42.3 Å². The van der Waals surface area contributed by atoms with Crippen LogP contribution in [-0.4, -0.2) is 33.0 Å². The molecule has 0 saturated heterocycles. The number of nitrogens with one attached hydrogen (secondary N) is 1. The van der Waals surface area contributed by atoms with Gasteiger partial charge in [0.15, 0.2) is 0 Å². The smallest absolute Gasteiger partial charge is 0.274 e. The third kappa shape index (κ3) is 6.38. The summed E-state index contributed by atoms with van der Waals surface area (Å²) in [5, 5.41) is 4.91. The lowest BCUT2D eigenvalue weighted by Gasteiger charge is -2.21. The zero-order chi connectivity index (χ0) is 12.9. The molecule has 0 spiro atoms. The summed E-state index contributed by atoms with van der Waals surface area (Å²) >= 11 is 0. The van der Waals surface area contributed by atoms with Gasteiger partial charge in [0.2, 0.25) is 0 Å². The first-order valence-electron chi connectivity index (χ1n) is 5.39. The molecule has 0 radical (unpaired) electrons. The highest BCUT2D eigenvalue weighted by Gasteiger charge is 2.11. The van der Waals surface area contributed by atoms with Crippen molar-refractivity contribution in [3.05, 3.63) is 35.9 Å². The van der Waals surface area contributed by atoms with E-state index in [2.05, 4.69) is 4.72 Å². The first-order valence-corrected chi connectivity index (χ1v) is 6.94. The fourth-order valence-electron chi connectivity index (χ4n) is 1.74. The van der Waals surface area contributed by atoms with Gasteiger partial charge in [-0.15, -0.1) is 0 Å². The van der Waals surface area contributed by atoms with E-state index in [0.29, 0.717) is 6.54 Å². The van der Waals surface area contributed by atoms with Crippen LogP contribution in [0.15, 0.2) is 30.3 Å². The molecule has 0 bridgehead atoms. The second-order valence-electron chi connectivity index (χ2n) is 4.25. The van der Waals surface area contributed by atoms with E-state index in [0.717, 1.165) is 6.54 Å². The molecule has 17 heavy (non-hydrogen) atoms. The van der Waals surface area contributed by atoms with E-state index < -0.39 is 10.2 Å². The van der Waals surface area contributed by atoms with Gasteiger partial charge in [-0.1, -0.05) is 30.3 Å². The Hall–Kier alpha value is -0.950. The summed E-state index contributed by atoms with van der Waals surface area (Å²) in [6.07, 6.45) is 0. The predicted octanol–water partition coefficient (Wildman–Crippen LogP) is 0.300. The molecule has 1 aromatic rings. The van der Waals surface area contributed by atoms with Gasteiger partial charge < -0.3 is 4.90 Å². The number of likely N-dealkylation sites (N-methyl/N-ethyl adjacent to an activating group) is 1. The van der Waals surface area contributed by atoms with Crippen LogP contribution in [-0.2, 0) is 16.8 Å². The van der Waals surface area contributed by atoms with Crippen LogP contribution in [0.4, 0.5) is 0 Å². The van der Waals surface area contributed by atoms with E-state index in [1.54, 1.807) is 6.92 Å². The van der Waals surface area contributed by atoms with Crippen molar-refractivity contribution in [1.29, 1.82) is 0 Å². The normalized spacial score (nSPS) is 13.9. The minimum atomic E-state index is -3.62. The molecule has 0 fully saturated rings. The van der Waals surface area contributed by atoms with Crippen molar-refractivity contribution >= 4 is 10.2 Å². The Balaban J connectivity index is 2.42. The molecular formula is C11H19N3O2S. The third-order valence-corrected chi connectivity index (χ3v) is 2.98. The average molecular weight is 257 g/mol. The quantitative estimate of drug-likeness (QED) is 0.769. The SMILES string of the molecule is CC(CN(C)Cc1ccccc1)NS(N)(=O)=O. The first kappa shape index (κ1) is 14.1. The molecule has 1 atom stereocenters. The molecule has 1 rings (SSSR count). The van der Waals surface area contributed by atoms with Crippen LogP contribution in [0.2, 0.25) is 0 Å². The summed E-state index contributed by atoms with van der Waals surface area (Å²) < 4.78 is 24.0. The van der Waals surface area contributed by atoms with Crippen LogP contribution in [0, 0.1) is 0 Å². The van der Waals surface area contributed by atoms with Gasteiger partial charge in [-0.05, 0) is 19.5 Å². The predicted molar refractivity (Wildman–Crippen MR) is 68.5 cm³/mol. The molecule has 3 N–H and O–H groups in total. The number of nitrogens with two attached hydrogens (primary N) is 1. The van der Waals surface area contributed by atoms with Crippen LogP contribution in [0.1, 0.15) is 12.5 Å². The summed E-state index contributed by atoms with van der Waals surface area (Å²) in [5.41, 5.74) is 1.19. The fraction of sp³-hybridized carbons (Fsp3) is 0.455. The second-order valence-corrected chi connectivity index (χ2v) is 5.57. The standard InChI is InChI=1S/C11H19N3O2S/c1-10(13-17(12,15)16)8-14(2)9-11-6-4-3-5-7-11/h3-7,10,13H,8-9H2,1-2H3,(H2,12,15,16). The van der Waals surface area contributed by atoms with Gasteiger partial charge in [-0.25, -0.2) is 5.14 Å². The Morgan fingerprint density at radius 3 is 2.47 bits per heavy atom. The summed E-state index contributed by atoms with van der Waals surface area (Å²) in [4.78, 5) is 2.04. The molecule has 96 valence electrons. The van der Waals surface area contributed by atoms with E-state index in [1.165, 1.54) is 5.56 Å². The highest BCUT2D eigenvalue weighted by atomic mass is 32.2. The molecule has 0 aliphatic carbocycles. The van der Waals surface area contributed by atoms with Gasteiger partial charge in [0, 0.05) is 19.1 Å². The van der Waals surface area contributed by atoms with E-state index in [-0.39, 0.29) is 6.04 Å². The minimum Gasteiger partial charge on any atom is -0.301 e. The molecule has 1 unspecified atom stereocenters. The Labute approximate surface area is 103 Å². The Morgan fingerprint density at radius 2 is 1.94 bits per heavy atom. The lowest BCUT2D eigenvalue weighted by Crippen LogP contribution is -2.43. The van der Waals surface area contributed by atoms with Gasteiger partial charge in [0.25, 0.3) is 10.2 Å². The number of benzene rings is 1. The summed E-state index contributed by atoms with van der Waals surface area (Å²) in [6.45, 7) is 3.16. The molecule has 0 aromatic heterocycles. The molecule has 1 aromatic carbocycles. The number of nitrogens with zero attached hydrogens (tertiary/aromatic N) is 1. The summed E-state index contributed by atoms with van der Waals surface area (Å²) in [5.74, 6) is 0. The zero-order valence-electron chi connectivity index (χ0n) is 10.1. The zero-order valence-corrected chi connectivity index (χ0v) is 10.9. The Kier molecular flexibility index (Phi) is 5.07. The average Bonchev–Trinajstić information content (AvgIpc) is 2.15. The highest BCUT2D eigenvalue weighted by molar-refractivity contribution is 7.87. The van der Waals surface area contributed by atoms with Crippen molar-refractivity contribution in [3.8, 4) is 0 Å². The topological polar surface area (TPSA) is 75.4 Å². The maximum absolute atomic E-state index is 10.8. The molecule has 5 nitrogen and oxygen atoms in total. The van der Waals surface area contributed by atoms with E-state index in [9.17, 15) is 8.42 Å². The highest BCUT2D eigenvalue weighted by Crippen LogP contribution is 2.03. The lowest BCUT2D eigenvalue weighted by atomic mass is 10.2. The maximum Gasteiger partial charge on any atom is 0.274 e. The molecule has 6 heteroatoms. The van der Waals surface area contributed by atoms with Gasteiger partial charge in [-0.3, -0.25) is 0 Å². The number of rotatable bonds is 6. The van der Waals surface area contributed by atoms with Gasteiger partial charge >= 0.3 is 0 Å². The first-order chi connectivity index (χ1) is 7.87. The second kappa shape index (κ2) is 6.11. The Morgan fingerprint density at radius 1 is 1.35 bits per heavy atom. The molecule has 0 amide bonds. The molecule has 0 aliphatic rings. The van der Waals surface area contributed by atoms with Crippen LogP contribution >= 0.6 is 0 Å². The molecule has 0 heterocycles. The maximum atomic E-state index is 10.8. The van der Waals surface area contributed by atoms with Crippen molar-refractivity contribution in [3.63, 3.8) is 0 Å². The fourth-order valence-corrected chi connectivity index (χ4v) is 2.38. The van der Waals surface area contributed by atoms with Gasteiger partial charge in [0.05, 0.1) is 0 Å². The van der Waals surface area contributed by atoms with Crippen molar-refractivity contribution in [1.82, 2.24) is 9.62 Å². The number of hydrogen-bond acceptors (Lipinski definition) is 3. The van der Waals surface area contributed by atoms with Crippen LogP contribution in [0.25, 0.3) is 0 Å². The van der Waals surface area contributed by atoms with Gasteiger partial charge in [0.1, 0.15) is 0 Å². The summed E-state index contributed by atoms with van der Waals surface area (Å²) in [7, 11) is -1.68. The molecule has 0 saturated carbocycles. The van der Waals surface area contributed by atoms with Crippen LogP contribution in [0.3, 0.4) is 0 Å². The van der Waals surface area contributed by atoms with Crippen LogP contribution < -0.4 is 9.86 Å². The Bertz CT molecular complexity index is 433. The van der Waals surface area contributed by atoms with E-state index >= 15 is 0 Å². The van der Waals surface area contributed by atoms with Crippen molar-refractivity contribution < 1.29 is 8.42 Å². The molecule has 0 aliphatic heterocycles.